The summed E-state index contributed by atoms with van der Waals surface area (Å²) in [6.07, 6.45) is 0.935. The fourth-order valence-electron chi connectivity index (χ4n) is 2.69. The van der Waals surface area contributed by atoms with Crippen molar-refractivity contribution in [2.75, 3.05) is 11.4 Å². The minimum absolute atomic E-state index is 0.0743. The highest BCUT2D eigenvalue weighted by Crippen LogP contribution is 2.29. The van der Waals surface area contributed by atoms with Crippen molar-refractivity contribution in [3.8, 4) is 0 Å². The molecule has 1 aromatic heterocycles. The first-order valence-electron chi connectivity index (χ1n) is 6.56. The first kappa shape index (κ1) is 11.6. The molecule has 4 rings (SSSR count). The highest BCUT2D eigenvalue weighted by molar-refractivity contribution is 7.16. The Morgan fingerprint density at radius 2 is 2.10 bits per heavy atom. The molecule has 4 heteroatoms. The monoisotopic (exact) mass is 280 g/mol. The van der Waals surface area contributed by atoms with Crippen LogP contribution in [0.5, 0.6) is 0 Å². The number of para-hydroxylation sites is 1. The van der Waals surface area contributed by atoms with Gasteiger partial charge in [0.25, 0.3) is 5.91 Å². The quantitative estimate of drug-likeness (QED) is 0.683. The number of amides is 1. The van der Waals surface area contributed by atoms with Gasteiger partial charge >= 0.3 is 0 Å². The predicted molar refractivity (Wildman–Crippen MR) is 81.4 cm³/mol. The van der Waals surface area contributed by atoms with Gasteiger partial charge in [-0.25, -0.2) is 4.98 Å². The van der Waals surface area contributed by atoms with E-state index in [1.807, 2.05) is 46.8 Å². The number of hydrogen-bond acceptors (Lipinski definition) is 3. The average molecular weight is 280 g/mol. The second kappa shape index (κ2) is 4.42. The smallest absolute Gasteiger partial charge is 0.258 e. The van der Waals surface area contributed by atoms with Gasteiger partial charge in [-0.1, -0.05) is 18.2 Å². The Kier molecular flexibility index (Phi) is 2.57. The summed E-state index contributed by atoms with van der Waals surface area (Å²) >= 11 is 1.57. The fraction of sp³-hybridized carbons (Fsp3) is 0.125. The van der Waals surface area contributed by atoms with Gasteiger partial charge in [0.1, 0.15) is 0 Å². The number of rotatable bonds is 1. The third kappa shape index (κ3) is 1.72. The lowest BCUT2D eigenvalue weighted by Gasteiger charge is -2.17. The number of fused-ring (bicyclic) bond motifs is 2. The number of benzene rings is 2. The van der Waals surface area contributed by atoms with Crippen molar-refractivity contribution >= 4 is 33.1 Å². The van der Waals surface area contributed by atoms with Crippen LogP contribution in [0.1, 0.15) is 15.9 Å². The molecule has 3 aromatic rings. The summed E-state index contributed by atoms with van der Waals surface area (Å²) < 4.78 is 1.06. The number of carbonyl (C=O) groups is 1. The normalized spacial score (nSPS) is 13.7. The summed E-state index contributed by atoms with van der Waals surface area (Å²) in [4.78, 5) is 18.8. The van der Waals surface area contributed by atoms with Gasteiger partial charge in [0.2, 0.25) is 0 Å². The fourth-order valence-corrected chi connectivity index (χ4v) is 3.41. The third-order valence-corrected chi connectivity index (χ3v) is 4.50. The van der Waals surface area contributed by atoms with E-state index < -0.39 is 0 Å². The summed E-state index contributed by atoms with van der Waals surface area (Å²) in [6, 6.07) is 13.8. The van der Waals surface area contributed by atoms with Gasteiger partial charge in [0.15, 0.2) is 0 Å². The topological polar surface area (TPSA) is 33.2 Å². The molecule has 0 fully saturated rings. The zero-order valence-electron chi connectivity index (χ0n) is 10.7. The Bertz CT molecular complexity index is 809. The highest BCUT2D eigenvalue weighted by Gasteiger charge is 2.25. The number of nitrogens with zero attached hydrogens (tertiary/aromatic N) is 2. The third-order valence-electron chi connectivity index (χ3n) is 3.71. The van der Waals surface area contributed by atoms with Crippen LogP contribution in [0.15, 0.2) is 48.0 Å². The average Bonchev–Trinajstić information content (AvgIpc) is 3.12. The van der Waals surface area contributed by atoms with E-state index in [2.05, 4.69) is 11.1 Å². The molecular formula is C16H12N2OS. The van der Waals surface area contributed by atoms with E-state index in [1.165, 1.54) is 5.56 Å². The maximum Gasteiger partial charge on any atom is 0.258 e. The standard InChI is InChI=1S/C16H12N2OS/c19-16(12-5-6-13-15(9-12)20-10-17-13)18-8-7-11-3-1-2-4-14(11)18/h1-6,9-10H,7-8H2. The van der Waals surface area contributed by atoms with Crippen LogP contribution in [0.25, 0.3) is 10.2 Å². The van der Waals surface area contributed by atoms with E-state index >= 15 is 0 Å². The molecule has 3 nitrogen and oxygen atoms in total. The molecule has 2 aromatic carbocycles. The molecule has 0 saturated heterocycles. The lowest BCUT2D eigenvalue weighted by atomic mass is 10.1. The van der Waals surface area contributed by atoms with Crippen LogP contribution in [-0.4, -0.2) is 17.4 Å². The molecule has 0 radical (unpaired) electrons. The van der Waals surface area contributed by atoms with Gasteiger partial charge < -0.3 is 4.90 Å². The van der Waals surface area contributed by atoms with E-state index in [9.17, 15) is 4.79 Å². The van der Waals surface area contributed by atoms with Crippen LogP contribution < -0.4 is 4.90 Å². The van der Waals surface area contributed by atoms with Gasteiger partial charge in [-0.15, -0.1) is 11.3 Å². The first-order valence-corrected chi connectivity index (χ1v) is 7.44. The molecule has 1 amide bonds. The maximum atomic E-state index is 12.7. The molecule has 1 aliphatic rings. The van der Waals surface area contributed by atoms with E-state index in [1.54, 1.807) is 11.3 Å². The lowest BCUT2D eigenvalue weighted by molar-refractivity contribution is 0.0989. The molecule has 0 spiro atoms. The lowest BCUT2D eigenvalue weighted by Crippen LogP contribution is -2.28. The van der Waals surface area contributed by atoms with Crippen molar-refractivity contribution < 1.29 is 4.79 Å². The molecule has 2 heterocycles. The van der Waals surface area contributed by atoms with Gasteiger partial charge in [-0.3, -0.25) is 4.79 Å². The summed E-state index contributed by atoms with van der Waals surface area (Å²) in [5.41, 5.74) is 5.79. The zero-order valence-corrected chi connectivity index (χ0v) is 11.6. The van der Waals surface area contributed by atoms with Crippen molar-refractivity contribution in [2.45, 2.75) is 6.42 Å². The molecule has 0 N–H and O–H groups in total. The molecule has 0 bridgehead atoms. The van der Waals surface area contributed by atoms with Crippen molar-refractivity contribution in [3.63, 3.8) is 0 Å². The van der Waals surface area contributed by atoms with E-state index in [0.717, 1.165) is 34.4 Å². The largest absolute Gasteiger partial charge is 0.308 e. The summed E-state index contributed by atoms with van der Waals surface area (Å²) in [7, 11) is 0. The number of aromatic nitrogens is 1. The van der Waals surface area contributed by atoms with Crippen LogP contribution in [0.3, 0.4) is 0 Å². The van der Waals surface area contributed by atoms with Gasteiger partial charge in [0, 0.05) is 17.8 Å². The molecule has 20 heavy (non-hydrogen) atoms. The number of anilines is 1. The van der Waals surface area contributed by atoms with Crippen molar-refractivity contribution in [1.82, 2.24) is 4.98 Å². The van der Waals surface area contributed by atoms with Gasteiger partial charge in [-0.05, 0) is 36.2 Å². The van der Waals surface area contributed by atoms with Crippen LogP contribution in [0.2, 0.25) is 0 Å². The Balaban J connectivity index is 1.74. The molecule has 0 saturated carbocycles. The highest BCUT2D eigenvalue weighted by atomic mass is 32.1. The summed E-state index contributed by atoms with van der Waals surface area (Å²) in [6.45, 7) is 0.763. The maximum absolute atomic E-state index is 12.7. The van der Waals surface area contributed by atoms with Crippen molar-refractivity contribution in [2.24, 2.45) is 0 Å². The van der Waals surface area contributed by atoms with Crippen molar-refractivity contribution in [1.29, 1.82) is 0 Å². The van der Waals surface area contributed by atoms with E-state index in [0.29, 0.717) is 0 Å². The Morgan fingerprint density at radius 3 is 3.05 bits per heavy atom. The van der Waals surface area contributed by atoms with Crippen LogP contribution in [0.4, 0.5) is 5.69 Å². The minimum atomic E-state index is 0.0743. The second-order valence-corrected chi connectivity index (χ2v) is 5.76. The minimum Gasteiger partial charge on any atom is -0.308 e. The van der Waals surface area contributed by atoms with Gasteiger partial charge in [0.05, 0.1) is 15.7 Å². The first-order chi connectivity index (χ1) is 9.83. The predicted octanol–water partition coefficient (Wildman–Crippen LogP) is 3.50. The number of hydrogen-bond donors (Lipinski definition) is 0. The summed E-state index contributed by atoms with van der Waals surface area (Å²) in [5, 5.41) is 0. The second-order valence-electron chi connectivity index (χ2n) is 4.87. The number of thiazole rings is 1. The Morgan fingerprint density at radius 1 is 1.20 bits per heavy atom. The molecule has 0 aliphatic carbocycles. The van der Waals surface area contributed by atoms with E-state index in [-0.39, 0.29) is 5.91 Å². The Hall–Kier alpha value is -2.20. The number of carbonyl (C=O) groups excluding carboxylic acids is 1. The van der Waals surface area contributed by atoms with Crippen LogP contribution in [-0.2, 0) is 6.42 Å². The van der Waals surface area contributed by atoms with Crippen LogP contribution >= 0.6 is 11.3 Å². The van der Waals surface area contributed by atoms with Gasteiger partial charge in [-0.2, -0.15) is 0 Å². The molecule has 98 valence electrons. The van der Waals surface area contributed by atoms with E-state index in [4.69, 9.17) is 0 Å². The zero-order chi connectivity index (χ0) is 13.5. The molecule has 0 atom stereocenters. The molecule has 0 unspecified atom stereocenters. The Labute approximate surface area is 120 Å². The SMILES string of the molecule is O=C(c1ccc2ncsc2c1)N1CCc2ccccc21. The van der Waals surface area contributed by atoms with Crippen molar-refractivity contribution in [3.05, 3.63) is 59.1 Å². The summed E-state index contributed by atoms with van der Waals surface area (Å²) in [5.74, 6) is 0.0743. The molecule has 1 aliphatic heterocycles. The van der Waals surface area contributed by atoms with Crippen LogP contribution in [0, 0.1) is 0 Å². The molecular weight excluding hydrogens is 268 g/mol.